The van der Waals surface area contributed by atoms with Gasteiger partial charge in [0.1, 0.15) is 11.3 Å². The van der Waals surface area contributed by atoms with E-state index in [-0.39, 0.29) is 23.9 Å². The second-order valence-corrected chi connectivity index (χ2v) is 8.40. The fourth-order valence-electron chi connectivity index (χ4n) is 4.66. The molecule has 2 saturated heterocycles. The molecule has 0 spiro atoms. The van der Waals surface area contributed by atoms with Crippen molar-refractivity contribution in [2.45, 2.75) is 57.8 Å². The first-order chi connectivity index (χ1) is 14.9. The van der Waals surface area contributed by atoms with Crippen LogP contribution in [0.5, 0.6) is 0 Å². The van der Waals surface area contributed by atoms with Crippen LogP contribution in [-0.4, -0.2) is 74.7 Å². The zero-order valence-electron chi connectivity index (χ0n) is 18.0. The number of aliphatic hydroxyl groups is 1. The molecule has 2 atom stereocenters. The fraction of sp³-hybridized carbons (Fsp3) is 0.545. The van der Waals surface area contributed by atoms with E-state index in [0.717, 1.165) is 18.4 Å². The lowest BCUT2D eigenvalue weighted by Gasteiger charge is -2.38. The summed E-state index contributed by atoms with van der Waals surface area (Å²) in [5.74, 6) is 0.411. The molecule has 4 heterocycles. The highest BCUT2D eigenvalue weighted by atomic mass is 16.5. The number of pyridine rings is 1. The van der Waals surface area contributed by atoms with E-state index in [9.17, 15) is 14.7 Å². The van der Waals surface area contributed by atoms with E-state index < -0.39 is 6.10 Å². The maximum atomic E-state index is 12.9. The molecule has 0 radical (unpaired) electrons. The summed E-state index contributed by atoms with van der Waals surface area (Å²) in [5.41, 5.74) is 2.09. The van der Waals surface area contributed by atoms with Crippen LogP contribution in [0, 0.1) is 13.8 Å². The Kier molecular flexibility index (Phi) is 6.33. The van der Waals surface area contributed by atoms with Gasteiger partial charge in [0.2, 0.25) is 5.91 Å². The van der Waals surface area contributed by atoms with Crippen molar-refractivity contribution in [2.75, 3.05) is 19.6 Å². The number of nitrogens with zero attached hydrogens (tertiary/aromatic N) is 4. The molecule has 2 fully saturated rings. The van der Waals surface area contributed by atoms with Crippen molar-refractivity contribution in [3.63, 3.8) is 0 Å². The number of hydrogen-bond acceptors (Lipinski definition) is 7. The lowest BCUT2D eigenvalue weighted by molar-refractivity contribution is -0.126. The van der Waals surface area contributed by atoms with Crippen molar-refractivity contribution in [3.05, 3.63) is 47.1 Å². The van der Waals surface area contributed by atoms with Gasteiger partial charge in [-0.3, -0.25) is 19.5 Å². The Morgan fingerprint density at radius 1 is 1.29 bits per heavy atom. The van der Waals surface area contributed by atoms with Crippen LogP contribution >= 0.6 is 0 Å². The number of hydrogen-bond donors (Lipinski definition) is 2. The zero-order valence-corrected chi connectivity index (χ0v) is 18.0. The summed E-state index contributed by atoms with van der Waals surface area (Å²) in [6, 6.07) is 3.55. The molecule has 0 aliphatic carbocycles. The highest BCUT2D eigenvalue weighted by Gasteiger charge is 2.41. The third-order valence-electron chi connectivity index (χ3n) is 6.28. The molecule has 31 heavy (non-hydrogen) atoms. The Hall–Kier alpha value is -2.78. The molecule has 4 rings (SSSR count). The molecule has 2 N–H and O–H groups in total. The SMILES string of the molecule is Cc1noc(C)c1C(=O)N1CCC(N2C[C@H](O)C[C@H]2C(=O)NCc2cccnc2)CC1. The van der Waals surface area contributed by atoms with Crippen molar-refractivity contribution < 1.29 is 19.2 Å². The number of aromatic nitrogens is 2. The van der Waals surface area contributed by atoms with Crippen LogP contribution in [0.15, 0.2) is 29.0 Å². The van der Waals surface area contributed by atoms with Gasteiger partial charge in [0.25, 0.3) is 5.91 Å². The maximum absolute atomic E-state index is 12.9. The van der Waals surface area contributed by atoms with E-state index >= 15 is 0 Å². The number of piperidine rings is 1. The van der Waals surface area contributed by atoms with Crippen LogP contribution in [0.1, 0.15) is 46.6 Å². The zero-order chi connectivity index (χ0) is 22.0. The summed E-state index contributed by atoms with van der Waals surface area (Å²) < 4.78 is 5.13. The minimum absolute atomic E-state index is 0.0538. The van der Waals surface area contributed by atoms with Crippen molar-refractivity contribution in [3.8, 4) is 0 Å². The topological polar surface area (TPSA) is 112 Å². The molecule has 2 aromatic rings. The van der Waals surface area contributed by atoms with Crippen molar-refractivity contribution in [1.29, 1.82) is 0 Å². The normalized spacial score (nSPS) is 22.6. The number of aryl methyl sites for hydroxylation is 2. The Balaban J connectivity index is 1.35. The number of carbonyl (C=O) groups is 2. The second-order valence-electron chi connectivity index (χ2n) is 8.40. The van der Waals surface area contributed by atoms with Crippen LogP contribution < -0.4 is 5.32 Å². The Bertz CT molecular complexity index is 904. The predicted octanol–water partition coefficient (Wildman–Crippen LogP) is 1.04. The largest absolute Gasteiger partial charge is 0.392 e. The summed E-state index contributed by atoms with van der Waals surface area (Å²) in [7, 11) is 0. The summed E-state index contributed by atoms with van der Waals surface area (Å²) in [6.07, 6.45) is 4.85. The first-order valence-electron chi connectivity index (χ1n) is 10.8. The molecule has 2 aromatic heterocycles. The third kappa shape index (κ3) is 4.62. The number of β-amino-alcohol motifs (C(OH)–C–C–N with tert-alkyl or cyclic N) is 1. The lowest BCUT2D eigenvalue weighted by atomic mass is 10.0. The van der Waals surface area contributed by atoms with Gasteiger partial charge in [-0.25, -0.2) is 0 Å². The molecule has 2 amide bonds. The molecule has 0 unspecified atom stereocenters. The molecule has 9 nitrogen and oxygen atoms in total. The maximum Gasteiger partial charge on any atom is 0.259 e. The molecule has 166 valence electrons. The van der Waals surface area contributed by atoms with Gasteiger partial charge in [-0.2, -0.15) is 0 Å². The van der Waals surface area contributed by atoms with Crippen LogP contribution in [0.2, 0.25) is 0 Å². The highest BCUT2D eigenvalue weighted by molar-refractivity contribution is 5.96. The smallest absolute Gasteiger partial charge is 0.259 e. The average molecular weight is 428 g/mol. The van der Waals surface area contributed by atoms with E-state index in [0.29, 0.717) is 49.6 Å². The number of amides is 2. The van der Waals surface area contributed by atoms with E-state index in [1.807, 2.05) is 17.0 Å². The second kappa shape index (κ2) is 9.15. The van der Waals surface area contributed by atoms with Gasteiger partial charge in [0, 0.05) is 44.6 Å². The van der Waals surface area contributed by atoms with Gasteiger partial charge >= 0.3 is 0 Å². The van der Waals surface area contributed by atoms with Crippen LogP contribution in [0.25, 0.3) is 0 Å². The minimum Gasteiger partial charge on any atom is -0.392 e. The van der Waals surface area contributed by atoms with Gasteiger partial charge in [0.05, 0.1) is 17.8 Å². The van der Waals surface area contributed by atoms with E-state index in [4.69, 9.17) is 4.52 Å². The van der Waals surface area contributed by atoms with Crippen LogP contribution in [0.3, 0.4) is 0 Å². The summed E-state index contributed by atoms with van der Waals surface area (Å²) >= 11 is 0. The van der Waals surface area contributed by atoms with Crippen LogP contribution in [-0.2, 0) is 11.3 Å². The number of carbonyl (C=O) groups excluding carboxylic acids is 2. The number of nitrogens with one attached hydrogen (secondary N) is 1. The number of aliphatic hydroxyl groups excluding tert-OH is 1. The molecule has 2 aliphatic heterocycles. The summed E-state index contributed by atoms with van der Waals surface area (Å²) in [6.45, 7) is 5.62. The van der Waals surface area contributed by atoms with E-state index in [1.54, 1.807) is 26.2 Å². The molecule has 0 bridgehead atoms. The van der Waals surface area contributed by atoms with Gasteiger partial charge in [0.15, 0.2) is 0 Å². The average Bonchev–Trinajstić information content (AvgIpc) is 3.34. The molecule has 2 aliphatic rings. The Labute approximate surface area is 181 Å². The van der Waals surface area contributed by atoms with Gasteiger partial charge < -0.3 is 19.8 Å². The predicted molar refractivity (Wildman–Crippen MR) is 112 cm³/mol. The minimum atomic E-state index is -0.517. The third-order valence-corrected chi connectivity index (χ3v) is 6.28. The van der Waals surface area contributed by atoms with Crippen LogP contribution in [0.4, 0.5) is 0 Å². The van der Waals surface area contributed by atoms with E-state index in [1.165, 1.54) is 0 Å². The quantitative estimate of drug-likeness (QED) is 0.733. The number of rotatable bonds is 5. The molecular weight excluding hydrogens is 398 g/mol. The van der Waals surface area contributed by atoms with E-state index in [2.05, 4.69) is 20.4 Å². The molecular formula is C22H29N5O4. The van der Waals surface area contributed by atoms with Crippen molar-refractivity contribution >= 4 is 11.8 Å². The first kappa shape index (κ1) is 21.5. The Morgan fingerprint density at radius 3 is 2.71 bits per heavy atom. The van der Waals surface area contributed by atoms with Crippen molar-refractivity contribution in [1.82, 2.24) is 25.3 Å². The fourth-order valence-corrected chi connectivity index (χ4v) is 4.66. The monoisotopic (exact) mass is 427 g/mol. The molecule has 9 heteroatoms. The number of likely N-dealkylation sites (tertiary alicyclic amines) is 2. The molecule has 0 saturated carbocycles. The van der Waals surface area contributed by atoms with Gasteiger partial charge in [-0.15, -0.1) is 0 Å². The first-order valence-corrected chi connectivity index (χ1v) is 10.8. The van der Waals surface area contributed by atoms with Crippen molar-refractivity contribution in [2.24, 2.45) is 0 Å². The van der Waals surface area contributed by atoms with Gasteiger partial charge in [-0.1, -0.05) is 11.2 Å². The summed E-state index contributed by atoms with van der Waals surface area (Å²) in [5, 5.41) is 17.1. The Morgan fingerprint density at radius 2 is 2.06 bits per heavy atom. The standard InChI is InChI=1S/C22H29N5O4/c1-14-20(15(2)31-25-14)22(30)26-8-5-17(6-9-26)27-13-18(28)10-19(27)21(29)24-12-16-4-3-7-23-11-16/h3-4,7,11,17-19,28H,5-6,8-10,12-13H2,1-2H3,(H,24,29)/t18-,19+/m1/s1. The molecule has 0 aromatic carbocycles. The summed E-state index contributed by atoms with van der Waals surface area (Å²) in [4.78, 5) is 33.7. The highest BCUT2D eigenvalue weighted by Crippen LogP contribution is 2.28. The lowest BCUT2D eigenvalue weighted by Crippen LogP contribution is -2.52. The van der Waals surface area contributed by atoms with Gasteiger partial charge in [-0.05, 0) is 44.7 Å².